The Morgan fingerprint density at radius 3 is 1.18 bits per heavy atom. The van der Waals surface area contributed by atoms with Gasteiger partial charge in [0.15, 0.2) is 0 Å². The number of carbonyl (C=O) groups is 2. The third kappa shape index (κ3) is 26.7. The molecule has 0 aliphatic heterocycles. The van der Waals surface area contributed by atoms with E-state index in [1.54, 1.807) is 0 Å². The maximum atomic E-state index is 11.7. The molecule has 0 atom stereocenters. The number of carbonyl (C=O) groups excluding carboxylic acids is 2. The van der Waals surface area contributed by atoms with Gasteiger partial charge in [-0.25, -0.2) is 0 Å². The number of hydrogen-bond donors (Lipinski definition) is 0. The Balaban J connectivity index is 3.42. The summed E-state index contributed by atoms with van der Waals surface area (Å²) in [6, 6.07) is 0. The second-order valence-electron chi connectivity index (χ2n) is 9.28. The van der Waals surface area contributed by atoms with Crippen molar-refractivity contribution in [1.29, 1.82) is 0 Å². The van der Waals surface area contributed by atoms with Gasteiger partial charge in [-0.2, -0.15) is 0 Å². The third-order valence-electron chi connectivity index (χ3n) is 5.87. The summed E-state index contributed by atoms with van der Waals surface area (Å²) in [4.78, 5) is 23.5. The molecule has 198 valence electrons. The predicted octanol–water partition coefficient (Wildman–Crippen LogP) is 9.03. The molecule has 0 aromatic rings. The average Bonchev–Trinajstić information content (AvgIpc) is 2.84. The molecule has 0 aromatic heterocycles. The van der Waals surface area contributed by atoms with Gasteiger partial charge in [-0.05, 0) is 51.4 Å². The van der Waals surface area contributed by atoms with Gasteiger partial charge in [0.05, 0.1) is 26.1 Å². The standard InChI is InChI=1S/C30H54O4/c1-3-5-7-9-11-13-15-17-19-21-23-27-33-29(31)25-26-30(32)34-28-24-22-20-18-16-14-12-10-8-6-4-2/h17-20H,3-16,21-28H2,1-2H3/b19-17+,20-18+. The van der Waals surface area contributed by atoms with Gasteiger partial charge in [0.2, 0.25) is 0 Å². The lowest BCUT2D eigenvalue weighted by Gasteiger charge is -2.05. The van der Waals surface area contributed by atoms with Crippen molar-refractivity contribution in [3.63, 3.8) is 0 Å². The molecule has 0 rings (SSSR count). The Hall–Kier alpha value is -1.58. The summed E-state index contributed by atoms with van der Waals surface area (Å²) in [5, 5.41) is 0. The van der Waals surface area contributed by atoms with Crippen LogP contribution in [0.2, 0.25) is 0 Å². The normalized spacial score (nSPS) is 11.5. The predicted molar refractivity (Wildman–Crippen MR) is 144 cm³/mol. The lowest BCUT2D eigenvalue weighted by Crippen LogP contribution is -2.11. The number of unbranched alkanes of at least 4 members (excludes halogenated alkanes) is 14. The topological polar surface area (TPSA) is 52.6 Å². The molecule has 0 spiro atoms. The van der Waals surface area contributed by atoms with E-state index in [0.29, 0.717) is 13.2 Å². The van der Waals surface area contributed by atoms with Crippen LogP contribution in [0.15, 0.2) is 24.3 Å². The van der Waals surface area contributed by atoms with Crippen molar-refractivity contribution in [3.05, 3.63) is 24.3 Å². The molecule has 0 bridgehead atoms. The highest BCUT2D eigenvalue weighted by Gasteiger charge is 2.08. The van der Waals surface area contributed by atoms with Gasteiger partial charge in [0.1, 0.15) is 0 Å². The van der Waals surface area contributed by atoms with Crippen LogP contribution in [0.3, 0.4) is 0 Å². The summed E-state index contributed by atoms with van der Waals surface area (Å²) in [5.41, 5.74) is 0. The minimum Gasteiger partial charge on any atom is -0.466 e. The summed E-state index contributed by atoms with van der Waals surface area (Å²) >= 11 is 0. The first-order valence-corrected chi connectivity index (χ1v) is 14.3. The van der Waals surface area contributed by atoms with Crippen LogP contribution in [-0.4, -0.2) is 25.2 Å². The lowest BCUT2D eigenvalue weighted by molar-refractivity contribution is -0.150. The molecular weight excluding hydrogens is 424 g/mol. The van der Waals surface area contributed by atoms with Crippen molar-refractivity contribution in [3.8, 4) is 0 Å². The zero-order valence-electron chi connectivity index (χ0n) is 22.5. The van der Waals surface area contributed by atoms with E-state index >= 15 is 0 Å². The van der Waals surface area contributed by atoms with Crippen LogP contribution in [0.25, 0.3) is 0 Å². The second kappa shape index (κ2) is 27.7. The van der Waals surface area contributed by atoms with Gasteiger partial charge in [-0.1, -0.05) is 102 Å². The average molecular weight is 479 g/mol. The summed E-state index contributed by atoms with van der Waals surface area (Å²) in [7, 11) is 0. The minimum absolute atomic E-state index is 0.102. The van der Waals surface area contributed by atoms with Crippen molar-refractivity contribution in [2.45, 2.75) is 142 Å². The highest BCUT2D eigenvalue weighted by molar-refractivity contribution is 5.77. The van der Waals surface area contributed by atoms with Crippen LogP contribution in [0.5, 0.6) is 0 Å². The number of allylic oxidation sites excluding steroid dienone is 4. The number of esters is 2. The zero-order valence-corrected chi connectivity index (χ0v) is 22.5. The zero-order chi connectivity index (χ0) is 25.0. The van der Waals surface area contributed by atoms with Gasteiger partial charge in [-0.15, -0.1) is 0 Å². The van der Waals surface area contributed by atoms with E-state index in [1.165, 1.54) is 77.0 Å². The molecule has 0 aliphatic rings. The van der Waals surface area contributed by atoms with Crippen molar-refractivity contribution < 1.29 is 19.1 Å². The molecule has 34 heavy (non-hydrogen) atoms. The molecule has 0 aliphatic carbocycles. The highest BCUT2D eigenvalue weighted by Crippen LogP contribution is 2.09. The molecule has 0 heterocycles. The van der Waals surface area contributed by atoms with Gasteiger partial charge in [0, 0.05) is 0 Å². The van der Waals surface area contributed by atoms with Crippen LogP contribution in [0.4, 0.5) is 0 Å². The quantitative estimate of drug-likeness (QED) is 0.0746. The van der Waals surface area contributed by atoms with Crippen LogP contribution in [0.1, 0.15) is 142 Å². The summed E-state index contributed by atoms with van der Waals surface area (Å²) in [5.74, 6) is -0.628. The van der Waals surface area contributed by atoms with Crippen molar-refractivity contribution >= 4 is 11.9 Å². The van der Waals surface area contributed by atoms with Gasteiger partial charge >= 0.3 is 11.9 Å². The lowest BCUT2D eigenvalue weighted by atomic mass is 10.1. The first kappa shape index (κ1) is 32.4. The highest BCUT2D eigenvalue weighted by atomic mass is 16.5. The fourth-order valence-corrected chi connectivity index (χ4v) is 3.68. The van der Waals surface area contributed by atoms with Crippen molar-refractivity contribution in [2.75, 3.05) is 13.2 Å². The van der Waals surface area contributed by atoms with Gasteiger partial charge in [-0.3, -0.25) is 9.59 Å². The molecule has 0 amide bonds. The SMILES string of the molecule is CCCCCCCC/C=C/CCCOC(=O)CCC(=O)OCCC/C=C/CCCCCCCC. The third-order valence-corrected chi connectivity index (χ3v) is 5.87. The molecule has 0 saturated carbocycles. The van der Waals surface area contributed by atoms with Crippen molar-refractivity contribution in [1.82, 2.24) is 0 Å². The Labute approximate surface area is 210 Å². The molecule has 0 unspecified atom stereocenters. The fraction of sp³-hybridized carbons (Fsp3) is 0.800. The Morgan fingerprint density at radius 2 is 0.794 bits per heavy atom. The molecule has 0 saturated heterocycles. The molecule has 4 heteroatoms. The summed E-state index contributed by atoms with van der Waals surface area (Å²) < 4.78 is 10.4. The van der Waals surface area contributed by atoms with E-state index in [0.717, 1.165) is 38.5 Å². The van der Waals surface area contributed by atoms with Crippen molar-refractivity contribution in [2.24, 2.45) is 0 Å². The Bertz CT molecular complexity index is 464. The Morgan fingerprint density at radius 1 is 0.471 bits per heavy atom. The summed E-state index contributed by atoms with van der Waals surface area (Å²) in [6.07, 6.45) is 30.7. The molecular formula is C30H54O4. The number of ether oxygens (including phenoxy) is 2. The van der Waals surface area contributed by atoms with E-state index in [1.807, 2.05) is 0 Å². The first-order valence-electron chi connectivity index (χ1n) is 14.3. The molecule has 0 radical (unpaired) electrons. The smallest absolute Gasteiger partial charge is 0.306 e. The molecule has 4 nitrogen and oxygen atoms in total. The first-order chi connectivity index (χ1) is 16.7. The number of hydrogen-bond acceptors (Lipinski definition) is 4. The van der Waals surface area contributed by atoms with Gasteiger partial charge in [0.25, 0.3) is 0 Å². The molecule has 0 N–H and O–H groups in total. The largest absolute Gasteiger partial charge is 0.466 e. The Kier molecular flexibility index (Phi) is 26.4. The van der Waals surface area contributed by atoms with Crippen LogP contribution in [-0.2, 0) is 19.1 Å². The monoisotopic (exact) mass is 478 g/mol. The van der Waals surface area contributed by atoms with Crippen LogP contribution < -0.4 is 0 Å². The maximum Gasteiger partial charge on any atom is 0.306 e. The molecule has 0 fully saturated rings. The summed E-state index contributed by atoms with van der Waals surface area (Å²) in [6.45, 7) is 5.32. The fourth-order valence-electron chi connectivity index (χ4n) is 3.68. The van der Waals surface area contributed by atoms with Crippen LogP contribution in [0, 0.1) is 0 Å². The van der Waals surface area contributed by atoms with E-state index in [-0.39, 0.29) is 24.8 Å². The van der Waals surface area contributed by atoms with Gasteiger partial charge < -0.3 is 9.47 Å². The van der Waals surface area contributed by atoms with E-state index < -0.39 is 0 Å². The van der Waals surface area contributed by atoms with E-state index in [4.69, 9.17) is 9.47 Å². The molecule has 0 aromatic carbocycles. The number of rotatable bonds is 25. The maximum absolute atomic E-state index is 11.7. The van der Waals surface area contributed by atoms with Crippen LogP contribution >= 0.6 is 0 Å². The van der Waals surface area contributed by atoms with E-state index in [9.17, 15) is 9.59 Å². The second-order valence-corrected chi connectivity index (χ2v) is 9.28. The van der Waals surface area contributed by atoms with E-state index in [2.05, 4.69) is 38.2 Å². The minimum atomic E-state index is -0.314.